The first kappa shape index (κ1) is 17.4. The fourth-order valence-electron chi connectivity index (χ4n) is 6.43. The number of thioether (sulfide) groups is 1. The highest BCUT2D eigenvalue weighted by Crippen LogP contribution is 2.61. The van der Waals surface area contributed by atoms with E-state index in [9.17, 15) is 0 Å². The molecular weight excluding hydrogens is 384 g/mol. The van der Waals surface area contributed by atoms with Gasteiger partial charge in [0.15, 0.2) is 5.16 Å². The molecule has 0 atom stereocenters. The lowest BCUT2D eigenvalue weighted by Gasteiger charge is -2.56. The Labute approximate surface area is 175 Å². The van der Waals surface area contributed by atoms with E-state index in [0.717, 1.165) is 34.8 Å². The Balaban J connectivity index is 1.41. The molecule has 0 unspecified atom stereocenters. The summed E-state index contributed by atoms with van der Waals surface area (Å²) < 4.78 is 2.81. The van der Waals surface area contributed by atoms with Crippen LogP contribution in [-0.4, -0.2) is 14.3 Å². The molecule has 0 aliphatic heterocycles. The number of halogens is 1. The van der Waals surface area contributed by atoms with Gasteiger partial charge in [0.05, 0.1) is 17.6 Å². The smallest absolute Gasteiger partial charge is 0.169 e. The van der Waals surface area contributed by atoms with Gasteiger partial charge in [0.2, 0.25) is 0 Å². The number of nitrogens with zero attached hydrogens (tertiary/aromatic N) is 2. The normalized spacial score (nSPS) is 31.0. The van der Waals surface area contributed by atoms with E-state index in [1.54, 1.807) is 0 Å². The van der Waals surface area contributed by atoms with Crippen LogP contribution in [-0.2, 0) is 6.54 Å². The van der Waals surface area contributed by atoms with Gasteiger partial charge in [-0.25, -0.2) is 4.98 Å². The lowest BCUT2D eigenvalue weighted by molar-refractivity contribution is 0.0382. The lowest BCUT2D eigenvalue weighted by atomic mass is 9.56. The van der Waals surface area contributed by atoms with Gasteiger partial charge in [-0.2, -0.15) is 0 Å². The van der Waals surface area contributed by atoms with Crippen molar-refractivity contribution in [3.8, 4) is 0 Å². The summed E-state index contributed by atoms with van der Waals surface area (Å²) in [6, 6.07) is 16.7. The molecule has 0 radical (unpaired) electrons. The molecule has 0 amide bonds. The molecule has 4 heteroatoms. The standard InChI is InChI=1S/C24H25ClN2S/c25-20-6-2-1-5-19(20)15-27-22-8-4-3-7-21(22)26-23(27)28-24-12-16-9-17(13-24)11-18(10-16)14-24/h1-8,16-18H,9-15H2. The molecule has 0 saturated heterocycles. The average Bonchev–Trinajstić information content (AvgIpc) is 2.99. The molecule has 7 rings (SSSR count). The van der Waals surface area contributed by atoms with Crippen LogP contribution in [0.1, 0.15) is 44.1 Å². The average molecular weight is 409 g/mol. The summed E-state index contributed by atoms with van der Waals surface area (Å²) in [5.74, 6) is 2.88. The minimum Gasteiger partial charge on any atom is -0.314 e. The fourth-order valence-corrected chi connectivity index (χ4v) is 8.39. The van der Waals surface area contributed by atoms with Crippen molar-refractivity contribution in [1.29, 1.82) is 0 Å². The predicted octanol–water partition coefficient (Wildman–Crippen LogP) is 6.80. The molecule has 4 bridgehead atoms. The Morgan fingerprint density at radius 3 is 2.29 bits per heavy atom. The van der Waals surface area contributed by atoms with Crippen molar-refractivity contribution in [2.45, 2.75) is 55.0 Å². The van der Waals surface area contributed by atoms with Crippen LogP contribution in [0, 0.1) is 17.8 Å². The number of hydrogen-bond acceptors (Lipinski definition) is 2. The Hall–Kier alpha value is -1.45. The first-order valence-corrected chi connectivity index (χ1v) is 11.7. The van der Waals surface area contributed by atoms with Crippen LogP contribution in [0.15, 0.2) is 53.7 Å². The Bertz CT molecular complexity index is 1000. The van der Waals surface area contributed by atoms with Gasteiger partial charge in [0.1, 0.15) is 0 Å². The lowest BCUT2D eigenvalue weighted by Crippen LogP contribution is -2.48. The van der Waals surface area contributed by atoms with Crippen LogP contribution in [0.5, 0.6) is 0 Å². The van der Waals surface area contributed by atoms with E-state index >= 15 is 0 Å². The van der Waals surface area contributed by atoms with Crippen molar-refractivity contribution in [3.63, 3.8) is 0 Å². The van der Waals surface area contributed by atoms with Crippen LogP contribution in [0.3, 0.4) is 0 Å². The summed E-state index contributed by atoms with van der Waals surface area (Å²) >= 11 is 8.59. The monoisotopic (exact) mass is 408 g/mol. The third kappa shape index (κ3) is 2.90. The number of imidazole rings is 1. The number of hydrogen-bond donors (Lipinski definition) is 0. The zero-order chi connectivity index (χ0) is 18.7. The summed E-state index contributed by atoms with van der Waals surface area (Å²) in [5.41, 5.74) is 3.48. The van der Waals surface area contributed by atoms with Gasteiger partial charge in [-0.15, -0.1) is 0 Å². The number of rotatable bonds is 4. The fraction of sp³-hybridized carbons (Fsp3) is 0.458. The molecule has 28 heavy (non-hydrogen) atoms. The van der Waals surface area contributed by atoms with Gasteiger partial charge in [0.25, 0.3) is 0 Å². The van der Waals surface area contributed by atoms with E-state index < -0.39 is 0 Å². The molecule has 4 aliphatic rings. The molecule has 2 nitrogen and oxygen atoms in total. The summed E-state index contributed by atoms with van der Waals surface area (Å²) in [6.07, 6.45) is 8.61. The van der Waals surface area contributed by atoms with E-state index in [0.29, 0.717) is 4.75 Å². The Kier molecular flexibility index (Phi) is 4.06. The molecule has 3 aromatic rings. The summed E-state index contributed by atoms with van der Waals surface area (Å²) in [5, 5.41) is 2.02. The predicted molar refractivity (Wildman–Crippen MR) is 117 cm³/mol. The van der Waals surface area contributed by atoms with Gasteiger partial charge in [-0.1, -0.05) is 53.7 Å². The summed E-state index contributed by atoms with van der Waals surface area (Å²) in [6.45, 7) is 0.787. The third-order valence-corrected chi connectivity index (χ3v) is 8.99. The zero-order valence-electron chi connectivity index (χ0n) is 16.0. The highest BCUT2D eigenvalue weighted by atomic mass is 35.5. The highest BCUT2D eigenvalue weighted by molar-refractivity contribution is 8.00. The first-order valence-electron chi connectivity index (χ1n) is 10.6. The third-order valence-electron chi connectivity index (χ3n) is 7.20. The van der Waals surface area contributed by atoms with Gasteiger partial charge >= 0.3 is 0 Å². The van der Waals surface area contributed by atoms with E-state index in [-0.39, 0.29) is 0 Å². The largest absolute Gasteiger partial charge is 0.314 e. The van der Waals surface area contributed by atoms with Crippen molar-refractivity contribution < 1.29 is 0 Å². The van der Waals surface area contributed by atoms with E-state index in [1.807, 2.05) is 12.1 Å². The van der Waals surface area contributed by atoms with E-state index in [1.165, 1.54) is 54.8 Å². The first-order chi connectivity index (χ1) is 13.7. The zero-order valence-corrected chi connectivity index (χ0v) is 17.6. The van der Waals surface area contributed by atoms with Gasteiger partial charge in [0, 0.05) is 9.77 Å². The summed E-state index contributed by atoms with van der Waals surface area (Å²) in [4.78, 5) is 5.10. The maximum absolute atomic E-state index is 6.50. The molecule has 0 N–H and O–H groups in total. The van der Waals surface area contributed by atoms with Crippen molar-refractivity contribution in [2.24, 2.45) is 17.8 Å². The molecule has 4 aliphatic carbocycles. The number of fused-ring (bicyclic) bond motifs is 1. The van der Waals surface area contributed by atoms with Gasteiger partial charge in [-0.3, -0.25) is 0 Å². The molecular formula is C24H25ClN2S. The van der Waals surface area contributed by atoms with Gasteiger partial charge < -0.3 is 4.57 Å². The Morgan fingerprint density at radius 2 is 1.57 bits per heavy atom. The topological polar surface area (TPSA) is 17.8 Å². The SMILES string of the molecule is Clc1ccccc1Cn1c(SC23CC4CC(CC(C4)C2)C3)nc2ccccc21. The van der Waals surface area contributed by atoms with Crippen LogP contribution in [0.4, 0.5) is 0 Å². The molecule has 1 heterocycles. The Morgan fingerprint density at radius 1 is 0.929 bits per heavy atom. The molecule has 1 aromatic heterocycles. The van der Waals surface area contributed by atoms with Gasteiger partial charge in [-0.05, 0) is 80.0 Å². The molecule has 4 fully saturated rings. The highest BCUT2D eigenvalue weighted by Gasteiger charge is 2.52. The van der Waals surface area contributed by atoms with Crippen LogP contribution < -0.4 is 0 Å². The molecule has 144 valence electrons. The number of aromatic nitrogens is 2. The van der Waals surface area contributed by atoms with Crippen molar-refractivity contribution in [1.82, 2.24) is 9.55 Å². The van der Waals surface area contributed by atoms with E-state index in [4.69, 9.17) is 16.6 Å². The van der Waals surface area contributed by atoms with Crippen molar-refractivity contribution >= 4 is 34.4 Å². The molecule has 4 saturated carbocycles. The van der Waals surface area contributed by atoms with Crippen LogP contribution >= 0.6 is 23.4 Å². The minimum absolute atomic E-state index is 0.411. The second kappa shape index (κ2) is 6.53. The number of benzene rings is 2. The van der Waals surface area contributed by atoms with E-state index in [2.05, 4.69) is 52.7 Å². The van der Waals surface area contributed by atoms with Crippen LogP contribution in [0.25, 0.3) is 11.0 Å². The number of para-hydroxylation sites is 2. The molecule has 0 spiro atoms. The maximum Gasteiger partial charge on any atom is 0.169 e. The van der Waals surface area contributed by atoms with Crippen molar-refractivity contribution in [2.75, 3.05) is 0 Å². The molecule has 2 aromatic carbocycles. The van der Waals surface area contributed by atoms with Crippen LogP contribution in [0.2, 0.25) is 5.02 Å². The quantitative estimate of drug-likeness (QED) is 0.472. The minimum atomic E-state index is 0.411. The maximum atomic E-state index is 6.50. The van der Waals surface area contributed by atoms with Crippen molar-refractivity contribution in [3.05, 3.63) is 59.1 Å². The second-order valence-electron chi connectivity index (χ2n) is 9.26. The second-order valence-corrected chi connectivity index (χ2v) is 11.1. The summed E-state index contributed by atoms with van der Waals surface area (Å²) in [7, 11) is 0.